The van der Waals surface area contributed by atoms with Crippen LogP contribution < -0.4 is 10.1 Å². The summed E-state index contributed by atoms with van der Waals surface area (Å²) in [5.41, 5.74) is 4.04. The molecule has 0 spiro atoms. The Kier molecular flexibility index (Phi) is 5.57. The van der Waals surface area contributed by atoms with Gasteiger partial charge in [-0.25, -0.2) is 4.98 Å². The molecule has 0 bridgehead atoms. The summed E-state index contributed by atoms with van der Waals surface area (Å²) in [5, 5.41) is 15.8. The topological polar surface area (TPSA) is 57.9 Å². The number of rotatable bonds is 5. The van der Waals surface area contributed by atoms with Gasteiger partial charge in [-0.2, -0.15) is 5.26 Å². The van der Waals surface area contributed by atoms with Gasteiger partial charge in [0.2, 0.25) is 0 Å². The molecule has 1 heterocycles. The van der Waals surface area contributed by atoms with Crippen molar-refractivity contribution < 1.29 is 4.74 Å². The van der Waals surface area contributed by atoms with Crippen molar-refractivity contribution in [2.75, 3.05) is 12.4 Å². The van der Waals surface area contributed by atoms with Gasteiger partial charge in [-0.1, -0.05) is 29.8 Å². The third-order valence-electron chi connectivity index (χ3n) is 3.78. The molecule has 0 aliphatic rings. The molecule has 0 aliphatic heterocycles. The summed E-state index contributed by atoms with van der Waals surface area (Å²) in [5.74, 6) is 0.769. The van der Waals surface area contributed by atoms with Crippen LogP contribution in [0.1, 0.15) is 10.6 Å². The van der Waals surface area contributed by atoms with Gasteiger partial charge in [0.1, 0.15) is 22.4 Å². The van der Waals surface area contributed by atoms with Crippen molar-refractivity contribution >= 4 is 34.2 Å². The minimum Gasteiger partial charge on any atom is -0.497 e. The first-order valence-corrected chi connectivity index (χ1v) is 9.10. The van der Waals surface area contributed by atoms with Crippen molar-refractivity contribution in [1.82, 2.24) is 4.98 Å². The highest BCUT2D eigenvalue weighted by Crippen LogP contribution is 2.28. The number of anilines is 1. The molecule has 0 saturated carbocycles. The van der Waals surface area contributed by atoms with Crippen molar-refractivity contribution in [3.63, 3.8) is 0 Å². The molecule has 0 saturated heterocycles. The minimum atomic E-state index is 0.459. The zero-order valence-corrected chi connectivity index (χ0v) is 15.9. The third-order valence-corrected chi connectivity index (χ3v) is 5.06. The molecule has 26 heavy (non-hydrogen) atoms. The molecule has 1 aromatic heterocycles. The number of benzene rings is 2. The number of methoxy groups -OCH3 is 1. The molecule has 0 aliphatic carbocycles. The van der Waals surface area contributed by atoms with Crippen LogP contribution in [0.3, 0.4) is 0 Å². The molecule has 0 radical (unpaired) electrons. The monoisotopic (exact) mass is 381 g/mol. The average Bonchev–Trinajstić information content (AvgIpc) is 3.15. The molecule has 4 nitrogen and oxygen atoms in total. The van der Waals surface area contributed by atoms with Gasteiger partial charge in [0, 0.05) is 27.9 Å². The first kappa shape index (κ1) is 18.0. The Morgan fingerprint density at radius 3 is 2.88 bits per heavy atom. The molecule has 0 atom stereocenters. The van der Waals surface area contributed by atoms with Crippen molar-refractivity contribution in [3.8, 4) is 23.1 Å². The number of nitrogens with one attached hydrogen (secondary N) is 1. The summed E-state index contributed by atoms with van der Waals surface area (Å²) in [6.07, 6.45) is 1.65. The van der Waals surface area contributed by atoms with Crippen LogP contribution in [-0.2, 0) is 0 Å². The molecule has 130 valence electrons. The summed E-state index contributed by atoms with van der Waals surface area (Å²) in [6.45, 7) is 1.94. The van der Waals surface area contributed by atoms with Crippen molar-refractivity contribution in [1.29, 1.82) is 5.26 Å². The van der Waals surface area contributed by atoms with E-state index in [1.165, 1.54) is 11.3 Å². The van der Waals surface area contributed by atoms with E-state index in [0.29, 0.717) is 15.6 Å². The number of hydrogen-bond donors (Lipinski definition) is 1. The first-order valence-electron chi connectivity index (χ1n) is 7.84. The molecule has 6 heteroatoms. The van der Waals surface area contributed by atoms with Gasteiger partial charge in [-0.05, 0) is 36.8 Å². The standard InChI is InChI=1S/C20H16ClN3OS/c1-13-6-7-16(9-18(13)21)23-11-15(10-22)20-24-19(12-26-20)14-4-3-5-17(8-14)25-2/h3-9,11-12,23H,1-2H3/b15-11+. The normalized spacial score (nSPS) is 11.1. The lowest BCUT2D eigenvalue weighted by Crippen LogP contribution is -1.91. The van der Waals surface area contributed by atoms with E-state index in [1.54, 1.807) is 13.3 Å². The number of nitrogens with zero attached hydrogens (tertiary/aromatic N) is 2. The van der Waals surface area contributed by atoms with E-state index in [4.69, 9.17) is 16.3 Å². The highest BCUT2D eigenvalue weighted by Gasteiger charge is 2.09. The first-order chi connectivity index (χ1) is 12.6. The second-order valence-electron chi connectivity index (χ2n) is 5.55. The number of aryl methyl sites for hydroxylation is 1. The van der Waals surface area contributed by atoms with E-state index in [9.17, 15) is 5.26 Å². The number of allylic oxidation sites excluding steroid dienone is 1. The highest BCUT2D eigenvalue weighted by molar-refractivity contribution is 7.11. The van der Waals surface area contributed by atoms with E-state index in [0.717, 1.165) is 28.3 Å². The molecular formula is C20H16ClN3OS. The lowest BCUT2D eigenvalue weighted by Gasteiger charge is -2.04. The Labute approximate surface area is 161 Å². The molecule has 0 fully saturated rings. The maximum atomic E-state index is 9.48. The third kappa shape index (κ3) is 4.05. The van der Waals surface area contributed by atoms with Crippen LogP contribution >= 0.6 is 22.9 Å². The van der Waals surface area contributed by atoms with Crippen LogP contribution in [0.15, 0.2) is 54.0 Å². The number of hydrogen-bond acceptors (Lipinski definition) is 5. The van der Waals surface area contributed by atoms with Crippen molar-refractivity contribution in [3.05, 3.63) is 69.6 Å². The molecule has 1 N–H and O–H groups in total. The maximum absolute atomic E-state index is 9.48. The minimum absolute atomic E-state index is 0.459. The summed E-state index contributed by atoms with van der Waals surface area (Å²) < 4.78 is 5.25. The second-order valence-corrected chi connectivity index (χ2v) is 6.81. The van der Waals surface area contributed by atoms with E-state index in [-0.39, 0.29) is 0 Å². The summed E-state index contributed by atoms with van der Waals surface area (Å²) in [7, 11) is 1.63. The second kappa shape index (κ2) is 8.05. The summed E-state index contributed by atoms with van der Waals surface area (Å²) in [4.78, 5) is 4.58. The number of ether oxygens (including phenoxy) is 1. The quantitative estimate of drug-likeness (QED) is 0.571. The van der Waals surface area contributed by atoms with E-state index in [2.05, 4.69) is 16.4 Å². The van der Waals surface area contributed by atoms with E-state index >= 15 is 0 Å². The predicted molar refractivity (Wildman–Crippen MR) is 108 cm³/mol. The fourth-order valence-electron chi connectivity index (χ4n) is 2.29. The van der Waals surface area contributed by atoms with Gasteiger partial charge in [-0.15, -0.1) is 11.3 Å². The van der Waals surface area contributed by atoms with Gasteiger partial charge in [0.25, 0.3) is 0 Å². The number of nitriles is 1. The van der Waals surface area contributed by atoms with Crippen LogP contribution in [0.4, 0.5) is 5.69 Å². The van der Waals surface area contributed by atoms with E-state index in [1.807, 2.05) is 54.8 Å². The fourth-order valence-corrected chi connectivity index (χ4v) is 3.27. The van der Waals surface area contributed by atoms with Gasteiger partial charge < -0.3 is 10.1 Å². The molecule has 3 aromatic rings. The predicted octanol–water partition coefficient (Wildman–Crippen LogP) is 5.76. The van der Waals surface area contributed by atoms with E-state index < -0.39 is 0 Å². The molecule has 3 rings (SSSR count). The van der Waals surface area contributed by atoms with Crippen LogP contribution in [0.2, 0.25) is 5.02 Å². The Morgan fingerprint density at radius 1 is 1.31 bits per heavy atom. The van der Waals surface area contributed by atoms with Crippen molar-refractivity contribution in [2.24, 2.45) is 0 Å². The largest absolute Gasteiger partial charge is 0.497 e. The number of thiazole rings is 1. The van der Waals surface area contributed by atoms with Crippen molar-refractivity contribution in [2.45, 2.75) is 6.92 Å². The van der Waals surface area contributed by atoms with Gasteiger partial charge in [-0.3, -0.25) is 0 Å². The fraction of sp³-hybridized carbons (Fsp3) is 0.100. The Bertz CT molecular complexity index is 1000. The molecule has 0 unspecified atom stereocenters. The van der Waals surface area contributed by atoms with Crippen LogP contribution in [0, 0.1) is 18.3 Å². The number of halogens is 1. The smallest absolute Gasteiger partial charge is 0.136 e. The Balaban J connectivity index is 1.83. The van der Waals surface area contributed by atoms with Crippen LogP contribution in [-0.4, -0.2) is 12.1 Å². The zero-order chi connectivity index (χ0) is 18.5. The molecule has 2 aromatic carbocycles. The van der Waals surface area contributed by atoms with Crippen LogP contribution in [0.5, 0.6) is 5.75 Å². The Hall–Kier alpha value is -2.81. The lowest BCUT2D eigenvalue weighted by molar-refractivity contribution is 0.415. The zero-order valence-electron chi connectivity index (χ0n) is 14.3. The van der Waals surface area contributed by atoms with Gasteiger partial charge in [0.15, 0.2) is 0 Å². The molecular weight excluding hydrogens is 366 g/mol. The summed E-state index contributed by atoms with van der Waals surface area (Å²) >= 11 is 7.55. The number of aromatic nitrogens is 1. The Morgan fingerprint density at radius 2 is 2.15 bits per heavy atom. The average molecular weight is 382 g/mol. The molecule has 0 amide bonds. The van der Waals surface area contributed by atoms with Crippen LogP contribution in [0.25, 0.3) is 16.8 Å². The lowest BCUT2D eigenvalue weighted by atomic mass is 10.1. The SMILES string of the molecule is COc1cccc(-c2csc(/C(C#N)=C/Nc3ccc(C)c(Cl)c3)n2)c1. The van der Waals surface area contributed by atoms with Gasteiger partial charge in [0.05, 0.1) is 12.8 Å². The highest BCUT2D eigenvalue weighted by atomic mass is 35.5. The van der Waals surface area contributed by atoms with Gasteiger partial charge >= 0.3 is 0 Å². The maximum Gasteiger partial charge on any atom is 0.136 e. The summed E-state index contributed by atoms with van der Waals surface area (Å²) in [6, 6.07) is 15.5.